The average Bonchev–Trinajstić information content (AvgIpc) is 3.32. The monoisotopic (exact) mass is 672 g/mol. The van der Waals surface area contributed by atoms with Crippen LogP contribution in [0.2, 0.25) is 0 Å². The molecule has 3 heterocycles. The predicted octanol–water partition coefficient (Wildman–Crippen LogP) is 7.54. The minimum Gasteiger partial charge on any atom is -0.481 e. The lowest BCUT2D eigenvalue weighted by molar-refractivity contribution is -0.147. The van der Waals surface area contributed by atoms with Crippen molar-refractivity contribution >= 4 is 39.2 Å². The molecule has 1 aliphatic carbocycles. The van der Waals surface area contributed by atoms with Gasteiger partial charge in [-0.3, -0.25) is 14.4 Å². The maximum atomic E-state index is 14.3. The van der Waals surface area contributed by atoms with Crippen LogP contribution in [0.1, 0.15) is 68.1 Å². The second kappa shape index (κ2) is 13.0. The van der Waals surface area contributed by atoms with Crippen LogP contribution in [0.3, 0.4) is 0 Å². The number of hydrogen-bond acceptors (Lipinski definition) is 6. The lowest BCUT2D eigenvalue weighted by Crippen LogP contribution is -2.45. The Bertz CT molecular complexity index is 1720. The fraction of sp³-hybridized carbons (Fsp3) is 0.486. The average molecular weight is 673 g/mol. The van der Waals surface area contributed by atoms with Crippen LogP contribution in [-0.2, 0) is 27.0 Å². The van der Waals surface area contributed by atoms with Crippen molar-refractivity contribution < 1.29 is 41.8 Å². The van der Waals surface area contributed by atoms with Crippen LogP contribution in [0.25, 0.3) is 10.2 Å². The van der Waals surface area contributed by atoms with Crippen LogP contribution >= 0.6 is 11.3 Å². The Balaban J connectivity index is 1.31. The smallest absolute Gasteiger partial charge is 0.416 e. The molecule has 12 heteroatoms. The van der Waals surface area contributed by atoms with Crippen LogP contribution < -0.4 is 4.74 Å². The summed E-state index contributed by atoms with van der Waals surface area (Å²) in [7, 11) is 0. The maximum absolute atomic E-state index is 14.3. The molecule has 3 aliphatic rings. The van der Waals surface area contributed by atoms with Gasteiger partial charge >= 0.3 is 12.1 Å². The highest BCUT2D eigenvalue weighted by molar-refractivity contribution is 7.20. The number of carboxylic acid groups (broad SMARTS) is 1. The topological polar surface area (TPSA) is 96.8 Å². The number of carboxylic acids is 1. The van der Waals surface area contributed by atoms with Crippen molar-refractivity contribution in [2.45, 2.75) is 83.0 Å². The molecular formula is C35H36F4N2O5S. The van der Waals surface area contributed by atoms with Crippen molar-refractivity contribution in [3.63, 3.8) is 0 Å². The van der Waals surface area contributed by atoms with E-state index in [0.717, 1.165) is 40.8 Å². The highest BCUT2D eigenvalue weighted by Crippen LogP contribution is 2.57. The van der Waals surface area contributed by atoms with Gasteiger partial charge in [-0.05, 0) is 86.4 Å². The molecule has 2 aliphatic heterocycles. The van der Waals surface area contributed by atoms with Gasteiger partial charge in [-0.2, -0.15) is 13.2 Å². The summed E-state index contributed by atoms with van der Waals surface area (Å²) in [5.74, 6) is -4.01. The Morgan fingerprint density at radius 3 is 2.72 bits per heavy atom. The van der Waals surface area contributed by atoms with Gasteiger partial charge in [-0.25, -0.2) is 9.37 Å². The third-order valence-corrected chi connectivity index (χ3v) is 10.6. The van der Waals surface area contributed by atoms with Crippen molar-refractivity contribution in [1.29, 1.82) is 0 Å². The van der Waals surface area contributed by atoms with Crippen molar-refractivity contribution in [1.82, 2.24) is 9.88 Å². The lowest BCUT2D eigenvalue weighted by Gasteiger charge is -2.29. The number of aromatic nitrogens is 1. The Morgan fingerprint density at radius 1 is 1.15 bits per heavy atom. The van der Waals surface area contributed by atoms with Crippen LogP contribution in [0.5, 0.6) is 5.19 Å². The highest BCUT2D eigenvalue weighted by Gasteiger charge is 2.61. The third-order valence-electron chi connectivity index (χ3n) is 9.67. The minimum atomic E-state index is -4.76. The molecule has 0 radical (unpaired) electrons. The first-order valence-corrected chi connectivity index (χ1v) is 16.8. The summed E-state index contributed by atoms with van der Waals surface area (Å²) in [6.07, 6.45) is 1.69. The fourth-order valence-corrected chi connectivity index (χ4v) is 8.01. The van der Waals surface area contributed by atoms with E-state index in [1.807, 2.05) is 37.3 Å². The normalized spacial score (nSPS) is 27.9. The van der Waals surface area contributed by atoms with E-state index in [2.05, 4.69) is 4.98 Å². The Morgan fingerprint density at radius 2 is 1.96 bits per heavy atom. The zero-order valence-corrected chi connectivity index (χ0v) is 26.7. The molecule has 7 nitrogen and oxygen atoms in total. The molecule has 250 valence electrons. The van der Waals surface area contributed by atoms with Crippen LogP contribution in [0.15, 0.2) is 48.6 Å². The molecule has 2 fully saturated rings. The van der Waals surface area contributed by atoms with Gasteiger partial charge in [-0.1, -0.05) is 42.4 Å². The number of fused-ring (bicyclic) bond motifs is 3. The van der Waals surface area contributed by atoms with Crippen molar-refractivity contribution in [3.05, 3.63) is 71.1 Å². The highest BCUT2D eigenvalue weighted by atomic mass is 32.1. The number of carbonyl (C=O) groups is 3. The molecule has 0 spiro atoms. The first-order chi connectivity index (χ1) is 22.3. The number of rotatable bonds is 5. The number of aryl methyl sites for hydroxylation is 1. The number of nitrogens with zero attached hydrogens (tertiary/aromatic N) is 2. The number of amides is 1. The molecular weight excluding hydrogens is 636 g/mol. The third kappa shape index (κ3) is 7.22. The van der Waals surface area contributed by atoms with Gasteiger partial charge in [-0.15, -0.1) is 0 Å². The van der Waals surface area contributed by atoms with E-state index in [1.165, 1.54) is 16.2 Å². The SMILES string of the molecule is Cc1ccc2nc(O[C@@H]3C[C@H]4C(=O)C[C@]5(C(=O)O)C[C@H]5/C=C\CCCCC[C@H](Cc5cc(F)cc(C(F)(F)F)c5)C(=O)N4C3)sc2c1. The number of hydrogen-bond donors (Lipinski definition) is 1. The second-order valence-electron chi connectivity index (χ2n) is 13.2. The molecule has 1 N–H and O–H groups in total. The summed E-state index contributed by atoms with van der Waals surface area (Å²) < 4.78 is 62.0. The summed E-state index contributed by atoms with van der Waals surface area (Å²) in [4.78, 5) is 46.6. The number of carbonyl (C=O) groups excluding carboxylic acids is 2. The molecule has 6 rings (SSSR count). The summed E-state index contributed by atoms with van der Waals surface area (Å²) in [5, 5.41) is 10.5. The summed E-state index contributed by atoms with van der Waals surface area (Å²) in [6, 6.07) is 7.14. The van der Waals surface area contributed by atoms with Crippen LogP contribution in [0.4, 0.5) is 17.6 Å². The van der Waals surface area contributed by atoms with E-state index in [9.17, 15) is 37.1 Å². The second-order valence-corrected chi connectivity index (χ2v) is 14.2. The Kier molecular flexibility index (Phi) is 9.17. The number of aliphatic carboxylic acids is 1. The van der Waals surface area contributed by atoms with Gasteiger partial charge in [0.2, 0.25) is 5.91 Å². The molecule has 47 heavy (non-hydrogen) atoms. The number of Topliss-reactive ketones (excluding diaryl/α,β-unsaturated/α-hetero) is 1. The predicted molar refractivity (Wildman–Crippen MR) is 168 cm³/mol. The largest absolute Gasteiger partial charge is 0.481 e. The van der Waals surface area contributed by atoms with Crippen molar-refractivity contribution in [3.8, 4) is 5.19 Å². The van der Waals surface area contributed by atoms with Gasteiger partial charge < -0.3 is 14.7 Å². The molecule has 1 aromatic heterocycles. The number of ketones is 1. The molecule has 5 atom stereocenters. The molecule has 1 saturated heterocycles. The first-order valence-electron chi connectivity index (χ1n) is 16.0. The van der Waals surface area contributed by atoms with Crippen LogP contribution in [-0.4, -0.2) is 51.3 Å². The molecule has 3 aromatic rings. The van der Waals surface area contributed by atoms with Gasteiger partial charge in [0.25, 0.3) is 5.19 Å². The fourth-order valence-electron chi connectivity index (χ4n) is 7.03. The first kappa shape index (κ1) is 33.1. The minimum absolute atomic E-state index is 0.0288. The van der Waals surface area contributed by atoms with Gasteiger partial charge in [0, 0.05) is 18.8 Å². The summed E-state index contributed by atoms with van der Waals surface area (Å²) >= 11 is 1.34. The number of allylic oxidation sites excluding steroid dienone is 2. The van der Waals surface area contributed by atoms with Gasteiger partial charge in [0.15, 0.2) is 5.78 Å². The maximum Gasteiger partial charge on any atom is 0.416 e. The van der Waals surface area contributed by atoms with Crippen molar-refractivity contribution in [2.75, 3.05) is 6.54 Å². The summed E-state index contributed by atoms with van der Waals surface area (Å²) in [6.45, 7) is 1.99. The van der Waals surface area contributed by atoms with E-state index in [1.54, 1.807) is 0 Å². The number of alkyl halides is 3. The number of halogens is 4. The number of benzene rings is 2. The Hall–Kier alpha value is -3.80. The molecule has 0 unspecified atom stereocenters. The van der Waals surface area contributed by atoms with E-state index in [4.69, 9.17) is 4.74 Å². The summed E-state index contributed by atoms with van der Waals surface area (Å²) in [5.41, 5.74) is -0.512. The molecule has 1 saturated carbocycles. The van der Waals surface area contributed by atoms with Gasteiger partial charge in [0.1, 0.15) is 11.9 Å². The molecule has 1 amide bonds. The molecule has 0 bridgehead atoms. The standard InChI is InChI=1S/C35H36F4N2O5S/c1-20-9-10-27-30(11-20)47-33(40-27)46-26-16-28-29(42)18-34(32(44)45)17-23(34)8-6-4-2-3-5-7-22(31(43)41(28)19-26)12-21-13-24(35(37,38)39)15-25(36)14-21/h6,8-11,13-15,22-23,26,28H,2-5,7,12,16-19H2,1H3,(H,44,45)/b8-6-/t22-,23-,26-,28+,34-/m1/s1. The molecule has 2 aromatic carbocycles. The van der Waals surface area contributed by atoms with E-state index >= 15 is 0 Å². The van der Waals surface area contributed by atoms with Crippen LogP contribution in [0, 0.1) is 30.0 Å². The lowest BCUT2D eigenvalue weighted by atomic mass is 9.90. The van der Waals surface area contributed by atoms with Crippen molar-refractivity contribution in [2.24, 2.45) is 17.3 Å². The quantitative estimate of drug-likeness (QED) is 0.222. The van der Waals surface area contributed by atoms with E-state index in [-0.39, 0.29) is 43.1 Å². The zero-order chi connectivity index (χ0) is 33.5. The van der Waals surface area contributed by atoms with E-state index < -0.39 is 52.9 Å². The zero-order valence-electron chi connectivity index (χ0n) is 25.9. The Labute approximate surface area is 273 Å². The van der Waals surface area contributed by atoms with Gasteiger partial charge in [0.05, 0.1) is 33.8 Å². The number of ether oxygens (including phenoxy) is 1. The number of thiazole rings is 1. The van der Waals surface area contributed by atoms with E-state index in [0.29, 0.717) is 36.9 Å².